The van der Waals surface area contributed by atoms with Gasteiger partial charge in [-0.15, -0.1) is 0 Å². The largest absolute Gasteiger partial charge is 0.367 e. The predicted octanol–water partition coefficient (Wildman–Crippen LogP) is 1.88. The molecule has 0 aliphatic heterocycles. The third-order valence-electron chi connectivity index (χ3n) is 3.94. The fourth-order valence-electron chi connectivity index (χ4n) is 2.48. The molecule has 3 rings (SSSR count). The third-order valence-corrected chi connectivity index (χ3v) is 3.94. The van der Waals surface area contributed by atoms with Crippen molar-refractivity contribution in [3.8, 4) is 0 Å². The van der Waals surface area contributed by atoms with Gasteiger partial charge in [-0.05, 0) is 17.7 Å². The van der Waals surface area contributed by atoms with Gasteiger partial charge in [0.2, 0.25) is 0 Å². The van der Waals surface area contributed by atoms with Gasteiger partial charge in [0, 0.05) is 43.7 Å². The van der Waals surface area contributed by atoms with Crippen LogP contribution in [-0.2, 0) is 20.1 Å². The predicted molar refractivity (Wildman–Crippen MR) is 93.0 cm³/mol. The van der Waals surface area contributed by atoms with Crippen molar-refractivity contribution in [3.05, 3.63) is 92.4 Å². The Hall–Kier alpha value is -3.29. The molecule has 0 unspecified atom stereocenters. The molecule has 2 heterocycles. The van der Waals surface area contributed by atoms with Crippen LogP contribution in [0.4, 0.5) is 14.6 Å². The fourth-order valence-corrected chi connectivity index (χ4v) is 2.48. The molecule has 134 valence electrons. The number of benzene rings is 1. The lowest BCUT2D eigenvalue weighted by Crippen LogP contribution is -2.39. The van der Waals surface area contributed by atoms with Gasteiger partial charge in [0.25, 0.3) is 5.56 Å². The maximum absolute atomic E-state index is 14.0. The monoisotopic (exact) mass is 358 g/mol. The van der Waals surface area contributed by atoms with Crippen LogP contribution in [0.2, 0.25) is 0 Å². The minimum atomic E-state index is -0.760. The Morgan fingerprint density at radius 3 is 2.65 bits per heavy atom. The minimum absolute atomic E-state index is 0.136. The Bertz CT molecular complexity index is 1050. The van der Waals surface area contributed by atoms with E-state index in [0.29, 0.717) is 6.54 Å². The topological polar surface area (TPSA) is 68.9 Å². The Labute approximate surface area is 147 Å². The summed E-state index contributed by atoms with van der Waals surface area (Å²) in [4.78, 5) is 28.4. The van der Waals surface area contributed by atoms with E-state index >= 15 is 0 Å². The second-order valence-electron chi connectivity index (χ2n) is 5.75. The van der Waals surface area contributed by atoms with Crippen molar-refractivity contribution in [2.24, 2.45) is 7.05 Å². The summed E-state index contributed by atoms with van der Waals surface area (Å²) in [7, 11) is 1.34. The molecule has 2 aromatic heterocycles. The highest BCUT2D eigenvalue weighted by Crippen LogP contribution is 2.13. The first-order chi connectivity index (χ1) is 12.5. The van der Waals surface area contributed by atoms with Crippen molar-refractivity contribution in [1.29, 1.82) is 0 Å². The van der Waals surface area contributed by atoms with E-state index in [1.807, 2.05) is 6.07 Å². The summed E-state index contributed by atoms with van der Waals surface area (Å²) in [6.45, 7) is 0.181. The van der Waals surface area contributed by atoms with Crippen molar-refractivity contribution >= 4 is 5.82 Å². The SMILES string of the molecule is Cn1c(=O)cc(NCc2cccnc2)n(Cc2ccc(F)cc2F)c1=O. The van der Waals surface area contributed by atoms with E-state index in [4.69, 9.17) is 0 Å². The van der Waals surface area contributed by atoms with Gasteiger partial charge in [0.1, 0.15) is 17.5 Å². The third kappa shape index (κ3) is 3.69. The number of nitrogens with one attached hydrogen (secondary N) is 1. The van der Waals surface area contributed by atoms with Gasteiger partial charge in [-0.25, -0.2) is 13.6 Å². The highest BCUT2D eigenvalue weighted by atomic mass is 19.1. The van der Waals surface area contributed by atoms with Gasteiger partial charge in [-0.1, -0.05) is 12.1 Å². The Kier molecular flexibility index (Phi) is 4.92. The van der Waals surface area contributed by atoms with Gasteiger partial charge >= 0.3 is 5.69 Å². The summed E-state index contributed by atoms with van der Waals surface area (Å²) in [6.07, 6.45) is 3.28. The molecule has 26 heavy (non-hydrogen) atoms. The quantitative estimate of drug-likeness (QED) is 0.756. The van der Waals surface area contributed by atoms with Crippen LogP contribution >= 0.6 is 0 Å². The minimum Gasteiger partial charge on any atom is -0.367 e. The molecule has 0 aliphatic carbocycles. The summed E-state index contributed by atoms with van der Waals surface area (Å²) in [5.41, 5.74) is -0.105. The smallest absolute Gasteiger partial charge is 0.332 e. The van der Waals surface area contributed by atoms with E-state index in [1.165, 1.54) is 23.7 Å². The molecule has 0 spiro atoms. The van der Waals surface area contributed by atoms with Crippen LogP contribution in [0.3, 0.4) is 0 Å². The molecule has 0 bridgehead atoms. The van der Waals surface area contributed by atoms with Crippen molar-refractivity contribution in [1.82, 2.24) is 14.1 Å². The number of rotatable bonds is 5. The number of halogens is 2. The maximum atomic E-state index is 14.0. The van der Waals surface area contributed by atoms with Gasteiger partial charge in [0.15, 0.2) is 0 Å². The number of anilines is 1. The standard InChI is InChI=1S/C18H16F2N4O2/c1-23-17(25)8-16(22-10-12-3-2-6-21-9-12)24(18(23)26)11-13-4-5-14(19)7-15(13)20/h2-9,22H,10-11H2,1H3. The van der Waals surface area contributed by atoms with Gasteiger partial charge < -0.3 is 5.32 Å². The molecule has 0 saturated heterocycles. The van der Waals surface area contributed by atoms with Crippen LogP contribution in [0.1, 0.15) is 11.1 Å². The first-order valence-corrected chi connectivity index (χ1v) is 7.83. The first kappa shape index (κ1) is 17.5. The van der Waals surface area contributed by atoms with Crippen LogP contribution in [0.15, 0.2) is 58.4 Å². The lowest BCUT2D eigenvalue weighted by Gasteiger charge is -2.16. The number of pyridine rings is 1. The van der Waals surface area contributed by atoms with Gasteiger partial charge in [-0.2, -0.15) is 0 Å². The molecule has 1 aromatic carbocycles. The normalized spacial score (nSPS) is 10.7. The van der Waals surface area contributed by atoms with Crippen LogP contribution in [-0.4, -0.2) is 14.1 Å². The van der Waals surface area contributed by atoms with Crippen molar-refractivity contribution < 1.29 is 8.78 Å². The molecule has 0 radical (unpaired) electrons. The molecular formula is C18H16F2N4O2. The summed E-state index contributed by atoms with van der Waals surface area (Å²) in [5, 5.41) is 3.00. The van der Waals surface area contributed by atoms with Crippen LogP contribution in [0.25, 0.3) is 0 Å². The number of nitrogens with zero attached hydrogens (tertiary/aromatic N) is 3. The second kappa shape index (κ2) is 7.30. The average molecular weight is 358 g/mol. The molecule has 6 nitrogen and oxygen atoms in total. The second-order valence-corrected chi connectivity index (χ2v) is 5.75. The molecule has 0 amide bonds. The summed E-state index contributed by atoms with van der Waals surface area (Å²) < 4.78 is 29.2. The highest BCUT2D eigenvalue weighted by molar-refractivity contribution is 5.36. The van der Waals surface area contributed by atoms with E-state index in [1.54, 1.807) is 18.5 Å². The number of aromatic nitrogens is 3. The average Bonchev–Trinajstić information content (AvgIpc) is 2.63. The Balaban J connectivity index is 1.98. The van der Waals surface area contributed by atoms with Crippen LogP contribution in [0.5, 0.6) is 0 Å². The highest BCUT2D eigenvalue weighted by Gasteiger charge is 2.12. The van der Waals surface area contributed by atoms with Crippen LogP contribution in [0, 0.1) is 11.6 Å². The van der Waals surface area contributed by atoms with Gasteiger partial charge in [-0.3, -0.25) is 18.9 Å². The number of hydrogen-bond donors (Lipinski definition) is 1. The zero-order chi connectivity index (χ0) is 18.7. The lowest BCUT2D eigenvalue weighted by atomic mass is 10.2. The van der Waals surface area contributed by atoms with Crippen molar-refractivity contribution in [3.63, 3.8) is 0 Å². The summed E-state index contributed by atoms with van der Waals surface area (Å²) in [5.74, 6) is -1.22. The zero-order valence-corrected chi connectivity index (χ0v) is 13.9. The van der Waals surface area contributed by atoms with E-state index in [2.05, 4.69) is 10.3 Å². The molecule has 0 saturated carbocycles. The lowest BCUT2D eigenvalue weighted by molar-refractivity contribution is 0.559. The molecule has 8 heteroatoms. The molecular weight excluding hydrogens is 342 g/mol. The van der Waals surface area contributed by atoms with Crippen LogP contribution < -0.4 is 16.6 Å². The van der Waals surface area contributed by atoms with E-state index in [9.17, 15) is 18.4 Å². The van der Waals surface area contributed by atoms with E-state index in [0.717, 1.165) is 22.3 Å². The van der Waals surface area contributed by atoms with E-state index < -0.39 is 22.9 Å². The maximum Gasteiger partial charge on any atom is 0.332 e. The molecule has 0 atom stereocenters. The molecule has 3 aromatic rings. The zero-order valence-electron chi connectivity index (χ0n) is 13.9. The Morgan fingerprint density at radius 1 is 1.15 bits per heavy atom. The summed E-state index contributed by atoms with van der Waals surface area (Å²) in [6, 6.07) is 8.01. The first-order valence-electron chi connectivity index (χ1n) is 7.83. The molecule has 1 N–H and O–H groups in total. The fraction of sp³-hybridized carbons (Fsp3) is 0.167. The Morgan fingerprint density at radius 2 is 1.96 bits per heavy atom. The number of hydrogen-bond acceptors (Lipinski definition) is 4. The van der Waals surface area contributed by atoms with Gasteiger partial charge in [0.05, 0.1) is 6.54 Å². The molecule has 0 aliphatic rings. The molecule has 0 fully saturated rings. The van der Waals surface area contributed by atoms with Crippen molar-refractivity contribution in [2.75, 3.05) is 5.32 Å². The van der Waals surface area contributed by atoms with E-state index in [-0.39, 0.29) is 17.9 Å². The van der Waals surface area contributed by atoms with Crippen molar-refractivity contribution in [2.45, 2.75) is 13.1 Å². The summed E-state index contributed by atoms with van der Waals surface area (Å²) >= 11 is 0.